The van der Waals surface area contributed by atoms with Crippen LogP contribution < -0.4 is 0 Å². The molecular weight excluding hydrogens is 250 g/mol. The smallest absolute Gasteiger partial charge is 0.379 e. The Labute approximate surface area is 100.0 Å². The summed E-state index contributed by atoms with van der Waals surface area (Å²) in [6, 6.07) is 0.956. The molecule has 1 N–H and O–H groups in total. The highest BCUT2D eigenvalue weighted by Gasteiger charge is 2.23. The predicted octanol–water partition coefficient (Wildman–Crippen LogP) is 1.41. The highest BCUT2D eigenvalue weighted by molar-refractivity contribution is 6.40. The van der Waals surface area contributed by atoms with Crippen molar-refractivity contribution in [2.24, 2.45) is 0 Å². The second-order valence-corrected chi connectivity index (χ2v) is 3.17. The molecule has 0 aliphatic heterocycles. The van der Waals surface area contributed by atoms with E-state index in [1.807, 2.05) is 0 Å². The number of ketones is 1. The molecule has 0 bridgehead atoms. The zero-order chi connectivity index (χ0) is 13.9. The van der Waals surface area contributed by atoms with Crippen LogP contribution in [0.5, 0.6) is 0 Å². The number of carboxylic acids is 1. The van der Waals surface area contributed by atoms with Crippen LogP contribution in [0.3, 0.4) is 0 Å². The number of esters is 1. The first-order valence-corrected chi connectivity index (χ1v) is 4.82. The standard InChI is InChI=1S/C11H8F2O5/c1-2-18-11(17)9(14)5-3-6(12)8(10(15)16)7(13)4-5/h3-4H,2H2,1H3,(H,15,16). The zero-order valence-corrected chi connectivity index (χ0v) is 9.20. The fourth-order valence-electron chi connectivity index (χ4n) is 1.22. The molecule has 1 aromatic carbocycles. The molecule has 0 unspecified atom stereocenters. The first-order valence-electron chi connectivity index (χ1n) is 4.82. The molecule has 7 heteroatoms. The van der Waals surface area contributed by atoms with E-state index in [2.05, 4.69) is 4.74 Å². The van der Waals surface area contributed by atoms with Gasteiger partial charge in [0.1, 0.15) is 17.2 Å². The number of Topliss-reactive ketones (excluding diaryl/α,β-unsaturated/α-hetero) is 1. The van der Waals surface area contributed by atoms with Gasteiger partial charge in [0.15, 0.2) is 0 Å². The summed E-state index contributed by atoms with van der Waals surface area (Å²) in [4.78, 5) is 32.9. The number of hydrogen-bond donors (Lipinski definition) is 1. The summed E-state index contributed by atoms with van der Waals surface area (Å²) in [5.74, 6) is -7.18. The van der Waals surface area contributed by atoms with E-state index in [0.29, 0.717) is 12.1 Å². The van der Waals surface area contributed by atoms with Crippen LogP contribution in [0.1, 0.15) is 27.6 Å². The maximum atomic E-state index is 13.2. The molecule has 0 radical (unpaired) electrons. The first kappa shape index (κ1) is 13.8. The summed E-state index contributed by atoms with van der Waals surface area (Å²) >= 11 is 0. The van der Waals surface area contributed by atoms with Gasteiger partial charge in [0, 0.05) is 5.56 Å². The summed E-state index contributed by atoms with van der Waals surface area (Å²) in [6.07, 6.45) is 0. The molecule has 0 saturated heterocycles. The number of carbonyl (C=O) groups excluding carboxylic acids is 2. The van der Waals surface area contributed by atoms with Crippen LogP contribution in [0, 0.1) is 11.6 Å². The second kappa shape index (κ2) is 5.35. The van der Waals surface area contributed by atoms with Crippen molar-refractivity contribution >= 4 is 17.7 Å². The van der Waals surface area contributed by atoms with E-state index >= 15 is 0 Å². The average Bonchev–Trinajstić information content (AvgIpc) is 2.26. The summed E-state index contributed by atoms with van der Waals surface area (Å²) in [5.41, 5.74) is -1.79. The van der Waals surface area contributed by atoms with Crippen molar-refractivity contribution < 1.29 is 33.0 Å². The summed E-state index contributed by atoms with van der Waals surface area (Å²) in [5, 5.41) is 8.51. The Bertz CT molecular complexity index is 501. The average molecular weight is 258 g/mol. The van der Waals surface area contributed by atoms with E-state index in [4.69, 9.17) is 5.11 Å². The molecule has 0 aliphatic carbocycles. The lowest BCUT2D eigenvalue weighted by atomic mass is 10.1. The third-order valence-electron chi connectivity index (χ3n) is 1.98. The first-order chi connectivity index (χ1) is 8.38. The Morgan fingerprint density at radius 1 is 1.22 bits per heavy atom. The number of ether oxygens (including phenoxy) is 1. The van der Waals surface area contributed by atoms with E-state index in [0.717, 1.165) is 0 Å². The highest BCUT2D eigenvalue weighted by Crippen LogP contribution is 2.16. The van der Waals surface area contributed by atoms with Gasteiger partial charge in [0.05, 0.1) is 6.61 Å². The Balaban J connectivity index is 3.18. The molecule has 1 aromatic rings. The molecule has 0 aliphatic rings. The number of carbonyl (C=O) groups is 3. The third kappa shape index (κ3) is 2.68. The number of rotatable bonds is 4. The lowest BCUT2D eigenvalue weighted by Gasteiger charge is -2.04. The van der Waals surface area contributed by atoms with Gasteiger partial charge < -0.3 is 9.84 Å². The molecule has 0 amide bonds. The van der Waals surface area contributed by atoms with Gasteiger partial charge in [0.2, 0.25) is 0 Å². The molecule has 0 saturated carbocycles. The van der Waals surface area contributed by atoms with Crippen LogP contribution in [0.4, 0.5) is 8.78 Å². The third-order valence-corrected chi connectivity index (χ3v) is 1.98. The highest BCUT2D eigenvalue weighted by atomic mass is 19.1. The SMILES string of the molecule is CCOC(=O)C(=O)c1cc(F)c(C(=O)O)c(F)c1. The Morgan fingerprint density at radius 3 is 2.11 bits per heavy atom. The second-order valence-electron chi connectivity index (χ2n) is 3.17. The minimum atomic E-state index is -1.81. The minimum absolute atomic E-state index is 0.0667. The normalized spacial score (nSPS) is 9.94. The Morgan fingerprint density at radius 2 is 1.72 bits per heavy atom. The summed E-state index contributed by atoms with van der Waals surface area (Å²) in [6.45, 7) is 1.39. The minimum Gasteiger partial charge on any atom is -0.477 e. The number of hydrogen-bond acceptors (Lipinski definition) is 4. The molecule has 0 fully saturated rings. The number of aromatic carboxylic acids is 1. The largest absolute Gasteiger partial charge is 0.477 e. The van der Waals surface area contributed by atoms with Crippen molar-refractivity contribution in [1.29, 1.82) is 0 Å². The molecule has 96 valence electrons. The Kier molecular flexibility index (Phi) is 4.09. The van der Waals surface area contributed by atoms with Gasteiger partial charge in [-0.25, -0.2) is 18.4 Å². The molecule has 5 nitrogen and oxygen atoms in total. The molecule has 0 spiro atoms. The van der Waals surface area contributed by atoms with E-state index in [1.165, 1.54) is 6.92 Å². The quantitative estimate of drug-likeness (QED) is 0.501. The van der Waals surface area contributed by atoms with Gasteiger partial charge in [-0.3, -0.25) is 4.79 Å². The van der Waals surface area contributed by atoms with Crippen LogP contribution in [-0.4, -0.2) is 29.4 Å². The number of halogens is 2. The Hall–Kier alpha value is -2.31. The van der Waals surface area contributed by atoms with Gasteiger partial charge >= 0.3 is 11.9 Å². The molecular formula is C11H8F2O5. The summed E-state index contributed by atoms with van der Waals surface area (Å²) < 4.78 is 30.9. The van der Waals surface area contributed by atoms with Crippen molar-refractivity contribution in [2.75, 3.05) is 6.61 Å². The van der Waals surface area contributed by atoms with Crippen LogP contribution in [0.15, 0.2) is 12.1 Å². The summed E-state index contributed by atoms with van der Waals surface area (Å²) in [7, 11) is 0. The van der Waals surface area contributed by atoms with Gasteiger partial charge in [-0.2, -0.15) is 0 Å². The molecule has 0 heterocycles. The monoisotopic (exact) mass is 258 g/mol. The maximum Gasteiger partial charge on any atom is 0.379 e. The molecule has 18 heavy (non-hydrogen) atoms. The van der Waals surface area contributed by atoms with Gasteiger partial charge in [-0.1, -0.05) is 0 Å². The van der Waals surface area contributed by atoms with E-state index < -0.39 is 40.5 Å². The van der Waals surface area contributed by atoms with Crippen LogP contribution in [0.2, 0.25) is 0 Å². The predicted molar refractivity (Wildman–Crippen MR) is 54.3 cm³/mol. The van der Waals surface area contributed by atoms with Crippen molar-refractivity contribution in [3.63, 3.8) is 0 Å². The number of carboxylic acid groups (broad SMARTS) is 1. The van der Waals surface area contributed by atoms with Crippen molar-refractivity contribution in [3.05, 3.63) is 34.9 Å². The lowest BCUT2D eigenvalue weighted by Crippen LogP contribution is -2.18. The van der Waals surface area contributed by atoms with Crippen LogP contribution in [0.25, 0.3) is 0 Å². The lowest BCUT2D eigenvalue weighted by molar-refractivity contribution is -0.137. The molecule has 1 rings (SSSR count). The fraction of sp³-hybridized carbons (Fsp3) is 0.182. The topological polar surface area (TPSA) is 80.7 Å². The zero-order valence-electron chi connectivity index (χ0n) is 9.20. The molecule has 0 atom stereocenters. The van der Waals surface area contributed by atoms with Gasteiger partial charge in [-0.05, 0) is 19.1 Å². The fourth-order valence-corrected chi connectivity index (χ4v) is 1.22. The maximum absolute atomic E-state index is 13.2. The van der Waals surface area contributed by atoms with Crippen molar-refractivity contribution in [1.82, 2.24) is 0 Å². The van der Waals surface area contributed by atoms with Crippen molar-refractivity contribution in [3.8, 4) is 0 Å². The van der Waals surface area contributed by atoms with Crippen LogP contribution >= 0.6 is 0 Å². The van der Waals surface area contributed by atoms with Crippen LogP contribution in [-0.2, 0) is 9.53 Å². The van der Waals surface area contributed by atoms with E-state index in [9.17, 15) is 23.2 Å². The molecule has 0 aromatic heterocycles. The van der Waals surface area contributed by atoms with Crippen molar-refractivity contribution in [2.45, 2.75) is 6.92 Å². The van der Waals surface area contributed by atoms with Gasteiger partial charge in [-0.15, -0.1) is 0 Å². The number of benzene rings is 1. The van der Waals surface area contributed by atoms with E-state index in [1.54, 1.807) is 0 Å². The van der Waals surface area contributed by atoms with E-state index in [-0.39, 0.29) is 6.61 Å². The van der Waals surface area contributed by atoms with Gasteiger partial charge in [0.25, 0.3) is 5.78 Å².